The molecule has 7 nitrogen and oxygen atoms in total. The molecule has 0 aliphatic carbocycles. The molecule has 0 heterocycles. The molecule has 0 aliphatic heterocycles. The first kappa shape index (κ1) is 58.1. The number of nitrogens with two attached hydrogens (primary N) is 1. The van der Waals surface area contributed by atoms with Gasteiger partial charge in [-0.3, -0.25) is 14.4 Å². The highest BCUT2D eigenvalue weighted by molar-refractivity contribution is 5.78. The molecule has 0 aliphatic rings. The highest BCUT2D eigenvalue weighted by atomic mass is 16.6. The van der Waals surface area contributed by atoms with Crippen molar-refractivity contribution in [1.82, 2.24) is 4.90 Å². The number of carbonyl (C=O) groups is 3. The van der Waals surface area contributed by atoms with Crippen molar-refractivity contribution in [2.45, 2.75) is 252 Å². The minimum absolute atomic E-state index is 0.0249. The van der Waals surface area contributed by atoms with Crippen molar-refractivity contribution in [3.05, 3.63) is 24.3 Å². The number of rotatable bonds is 43. The number of nitrogens with zero attached hydrogens (tertiary/aromatic N) is 1. The zero-order chi connectivity index (χ0) is 43.0. The summed E-state index contributed by atoms with van der Waals surface area (Å²) < 4.78 is 11.4. The summed E-state index contributed by atoms with van der Waals surface area (Å²) in [5.41, 5.74) is 5.61. The normalized spacial score (nSPS) is 12.0. The molecule has 0 saturated heterocycles. The van der Waals surface area contributed by atoms with Gasteiger partial charge in [-0.05, 0) is 110 Å². The largest absolute Gasteiger partial charge is 0.462 e. The van der Waals surface area contributed by atoms with Gasteiger partial charge in [0.05, 0.1) is 0 Å². The summed E-state index contributed by atoms with van der Waals surface area (Å²) in [6.45, 7) is 11.3. The molecular weight excluding hydrogens is 721 g/mol. The standard InChI is InChI=1S/C48H90N2O5.C3H8/c1-4-6-8-10-12-14-16-18-20-22-24-26-28-30-32-37-47(52)54-44-46(40-39-45(51)36-34-42-50(3)43-35-41-49)55-48(53)38-33-31-29-27-25-23-21-19-17-15-13-11-9-7-5-2;1-3-2/h18-21,46H,4-17,22-44,49H2,1-3H3;3H2,1-2H3/b20-18-,21-19-;/t46-;/m0./s1. The van der Waals surface area contributed by atoms with Crippen LogP contribution in [0.2, 0.25) is 0 Å². The van der Waals surface area contributed by atoms with Crippen molar-refractivity contribution in [3.8, 4) is 0 Å². The quantitative estimate of drug-likeness (QED) is 0.0371. The minimum atomic E-state index is -0.579. The van der Waals surface area contributed by atoms with E-state index in [0.29, 0.717) is 38.6 Å². The number of carbonyl (C=O) groups excluding carboxylic acids is 3. The maximum absolute atomic E-state index is 12.8. The van der Waals surface area contributed by atoms with E-state index in [1.54, 1.807) is 0 Å². The predicted molar refractivity (Wildman–Crippen MR) is 250 cm³/mol. The van der Waals surface area contributed by atoms with Crippen molar-refractivity contribution in [2.24, 2.45) is 5.73 Å². The number of hydrogen-bond donors (Lipinski definition) is 1. The Bertz CT molecular complexity index is 936. The van der Waals surface area contributed by atoms with Crippen LogP contribution in [0.15, 0.2) is 24.3 Å². The SMILES string of the molecule is CCC.CCCCCCCC/C=C\CCCCCCCC(=O)OC[C@H](CCC(=O)CCCN(C)CCCN)OC(=O)CCCCCCC/C=C\CCCCCCCC. The van der Waals surface area contributed by atoms with Gasteiger partial charge in [-0.25, -0.2) is 0 Å². The Balaban J connectivity index is 0. The van der Waals surface area contributed by atoms with Crippen LogP contribution < -0.4 is 5.73 Å². The third kappa shape index (κ3) is 48.4. The molecule has 0 bridgehead atoms. The van der Waals surface area contributed by atoms with E-state index in [1.807, 2.05) is 0 Å². The maximum Gasteiger partial charge on any atom is 0.306 e. The Hall–Kier alpha value is -1.99. The third-order valence-electron chi connectivity index (χ3n) is 10.5. The molecule has 7 heteroatoms. The first-order valence-electron chi connectivity index (χ1n) is 24.9. The fraction of sp³-hybridized carbons (Fsp3) is 0.863. The second-order valence-corrected chi connectivity index (χ2v) is 16.8. The van der Waals surface area contributed by atoms with Gasteiger partial charge in [0.1, 0.15) is 18.5 Å². The van der Waals surface area contributed by atoms with Crippen LogP contribution in [0.4, 0.5) is 0 Å². The van der Waals surface area contributed by atoms with Gasteiger partial charge >= 0.3 is 11.9 Å². The molecule has 0 fully saturated rings. The van der Waals surface area contributed by atoms with Crippen molar-refractivity contribution in [3.63, 3.8) is 0 Å². The summed E-state index contributed by atoms with van der Waals surface area (Å²) in [6, 6.07) is 0. The van der Waals surface area contributed by atoms with Gasteiger partial charge in [0.2, 0.25) is 0 Å². The molecule has 0 rings (SSSR count). The molecule has 1 atom stereocenters. The van der Waals surface area contributed by atoms with Crippen molar-refractivity contribution in [2.75, 3.05) is 33.3 Å². The van der Waals surface area contributed by atoms with Gasteiger partial charge in [0.25, 0.3) is 0 Å². The van der Waals surface area contributed by atoms with Gasteiger partial charge in [-0.1, -0.05) is 161 Å². The highest BCUT2D eigenvalue weighted by Crippen LogP contribution is 2.15. The Morgan fingerprint density at radius 3 is 1.34 bits per heavy atom. The number of esters is 2. The number of ketones is 1. The molecule has 0 amide bonds. The molecular formula is C51H98N2O5. The Kier molecular flexibility index (Phi) is 49.5. The molecule has 0 unspecified atom stereocenters. The van der Waals surface area contributed by atoms with E-state index in [0.717, 1.165) is 77.3 Å². The lowest BCUT2D eigenvalue weighted by Crippen LogP contribution is -2.26. The average Bonchev–Trinajstić information content (AvgIpc) is 3.21. The molecule has 58 heavy (non-hydrogen) atoms. The predicted octanol–water partition coefficient (Wildman–Crippen LogP) is 14.3. The first-order valence-corrected chi connectivity index (χ1v) is 24.9. The van der Waals surface area contributed by atoms with Crippen molar-refractivity contribution in [1.29, 1.82) is 0 Å². The lowest BCUT2D eigenvalue weighted by molar-refractivity contribution is -0.160. The highest BCUT2D eigenvalue weighted by Gasteiger charge is 2.19. The van der Waals surface area contributed by atoms with Crippen LogP contribution in [0.1, 0.15) is 246 Å². The van der Waals surface area contributed by atoms with E-state index in [9.17, 15) is 14.4 Å². The molecule has 0 aromatic heterocycles. The van der Waals surface area contributed by atoms with Crippen molar-refractivity contribution >= 4 is 17.7 Å². The van der Waals surface area contributed by atoms with E-state index >= 15 is 0 Å². The minimum Gasteiger partial charge on any atom is -0.462 e. The average molecular weight is 819 g/mol. The smallest absolute Gasteiger partial charge is 0.306 e. The molecule has 0 saturated carbocycles. The van der Waals surface area contributed by atoms with Gasteiger partial charge in [0.15, 0.2) is 0 Å². The van der Waals surface area contributed by atoms with Crippen LogP contribution in [-0.2, 0) is 23.9 Å². The molecule has 0 spiro atoms. The lowest BCUT2D eigenvalue weighted by atomic mass is 10.1. The summed E-state index contributed by atoms with van der Waals surface area (Å²) in [4.78, 5) is 40.2. The van der Waals surface area contributed by atoms with E-state index in [4.69, 9.17) is 15.2 Å². The Morgan fingerprint density at radius 1 is 0.500 bits per heavy atom. The lowest BCUT2D eigenvalue weighted by Gasteiger charge is -2.18. The first-order chi connectivity index (χ1) is 28.3. The number of unbranched alkanes of at least 4 members (excludes halogenated alkanes) is 22. The molecule has 0 radical (unpaired) electrons. The van der Waals surface area contributed by atoms with Crippen LogP contribution in [-0.4, -0.2) is 62.0 Å². The maximum atomic E-state index is 12.8. The van der Waals surface area contributed by atoms with Crippen LogP contribution in [0.25, 0.3) is 0 Å². The number of Topliss-reactive ketones (excluding diaryl/α,β-unsaturated/α-hetero) is 1. The number of allylic oxidation sites excluding steroid dienone is 4. The van der Waals surface area contributed by atoms with E-state index in [1.165, 1.54) is 122 Å². The summed E-state index contributed by atoms with van der Waals surface area (Å²) in [5, 5.41) is 0. The zero-order valence-electron chi connectivity index (χ0n) is 39.3. The second kappa shape index (κ2) is 49.4. The monoisotopic (exact) mass is 819 g/mol. The van der Waals surface area contributed by atoms with Gasteiger partial charge in [-0.2, -0.15) is 0 Å². The van der Waals surface area contributed by atoms with Crippen LogP contribution in [0.3, 0.4) is 0 Å². The van der Waals surface area contributed by atoms with Crippen molar-refractivity contribution < 1.29 is 23.9 Å². The summed E-state index contributed by atoms with van der Waals surface area (Å²) in [6.07, 6.45) is 45.2. The van der Waals surface area contributed by atoms with Crippen LogP contribution >= 0.6 is 0 Å². The summed E-state index contributed by atoms with van der Waals surface area (Å²) in [5.74, 6) is -0.349. The van der Waals surface area contributed by atoms with Gasteiger partial charge in [0, 0.05) is 25.7 Å². The topological polar surface area (TPSA) is 98.9 Å². The Morgan fingerprint density at radius 2 is 0.897 bits per heavy atom. The molecule has 0 aromatic carbocycles. The summed E-state index contributed by atoms with van der Waals surface area (Å²) in [7, 11) is 2.05. The fourth-order valence-corrected chi connectivity index (χ4v) is 6.83. The van der Waals surface area contributed by atoms with E-state index in [2.05, 4.69) is 63.9 Å². The van der Waals surface area contributed by atoms with Gasteiger partial charge < -0.3 is 20.1 Å². The van der Waals surface area contributed by atoms with Crippen LogP contribution in [0.5, 0.6) is 0 Å². The second-order valence-electron chi connectivity index (χ2n) is 16.8. The summed E-state index contributed by atoms with van der Waals surface area (Å²) >= 11 is 0. The van der Waals surface area contributed by atoms with Crippen LogP contribution in [0, 0.1) is 0 Å². The fourth-order valence-electron chi connectivity index (χ4n) is 6.83. The van der Waals surface area contributed by atoms with Gasteiger partial charge in [-0.15, -0.1) is 0 Å². The number of ether oxygens (including phenoxy) is 2. The molecule has 2 N–H and O–H groups in total. The molecule has 0 aromatic rings. The molecule has 342 valence electrons. The number of hydrogen-bond acceptors (Lipinski definition) is 7. The van der Waals surface area contributed by atoms with E-state index < -0.39 is 6.10 Å². The van der Waals surface area contributed by atoms with E-state index in [-0.39, 0.29) is 24.3 Å². The Labute approximate surface area is 360 Å². The third-order valence-corrected chi connectivity index (χ3v) is 10.5. The zero-order valence-corrected chi connectivity index (χ0v) is 39.3.